The molecule has 1 aromatic heterocycles. The monoisotopic (exact) mass is 183 g/mol. The van der Waals surface area contributed by atoms with Gasteiger partial charge in [-0.1, -0.05) is 5.16 Å². The Labute approximate surface area is 76.2 Å². The highest BCUT2D eigenvalue weighted by Gasteiger charge is 1.95. The minimum atomic E-state index is 0.229. The Morgan fingerprint density at radius 1 is 1.69 bits per heavy atom. The number of oxime groups is 1. The van der Waals surface area contributed by atoms with Crippen LogP contribution in [0.4, 0.5) is 0 Å². The summed E-state index contributed by atoms with van der Waals surface area (Å²) in [5.41, 5.74) is 5.27. The molecule has 4 N–H and O–H groups in total. The van der Waals surface area contributed by atoms with E-state index in [1.54, 1.807) is 6.26 Å². The van der Waals surface area contributed by atoms with Crippen LogP contribution in [0.2, 0.25) is 0 Å². The molecule has 0 aliphatic rings. The van der Waals surface area contributed by atoms with Gasteiger partial charge in [0.1, 0.15) is 11.6 Å². The average molecular weight is 183 g/mol. The fraction of sp³-hybridized carbons (Fsp3) is 0.375. The molecular weight excluding hydrogens is 170 g/mol. The lowest BCUT2D eigenvalue weighted by Crippen LogP contribution is -2.21. The second-order valence-corrected chi connectivity index (χ2v) is 2.60. The predicted molar refractivity (Wildman–Crippen MR) is 48.4 cm³/mol. The molecule has 0 unspecified atom stereocenters. The summed E-state index contributed by atoms with van der Waals surface area (Å²) in [5, 5.41) is 14.2. The van der Waals surface area contributed by atoms with Crippen LogP contribution in [-0.4, -0.2) is 17.6 Å². The van der Waals surface area contributed by atoms with Crippen molar-refractivity contribution in [2.45, 2.75) is 13.0 Å². The third-order valence-electron chi connectivity index (χ3n) is 1.57. The molecule has 0 bridgehead atoms. The quantitative estimate of drug-likeness (QED) is 0.204. The Morgan fingerprint density at radius 3 is 3.15 bits per heavy atom. The van der Waals surface area contributed by atoms with Crippen molar-refractivity contribution in [3.63, 3.8) is 0 Å². The summed E-state index contributed by atoms with van der Waals surface area (Å²) in [6.45, 7) is 1.32. The molecule has 0 aromatic carbocycles. The van der Waals surface area contributed by atoms with E-state index >= 15 is 0 Å². The molecule has 0 fully saturated rings. The zero-order valence-electron chi connectivity index (χ0n) is 7.23. The lowest BCUT2D eigenvalue weighted by Gasteiger charge is -2.00. The van der Waals surface area contributed by atoms with Crippen molar-refractivity contribution in [3.05, 3.63) is 24.2 Å². The first kappa shape index (κ1) is 9.60. The molecule has 0 amide bonds. The molecule has 1 heterocycles. The smallest absolute Gasteiger partial charge is 0.140 e. The van der Waals surface area contributed by atoms with E-state index in [4.69, 9.17) is 15.4 Å². The van der Waals surface area contributed by atoms with Crippen molar-refractivity contribution < 1.29 is 9.62 Å². The van der Waals surface area contributed by atoms with Crippen LogP contribution in [0.15, 0.2) is 28.0 Å². The van der Waals surface area contributed by atoms with Gasteiger partial charge in [0.25, 0.3) is 0 Å². The highest BCUT2D eigenvalue weighted by molar-refractivity contribution is 5.79. The highest BCUT2D eigenvalue weighted by atomic mass is 16.4. The van der Waals surface area contributed by atoms with E-state index in [0.29, 0.717) is 19.5 Å². The Morgan fingerprint density at radius 2 is 2.54 bits per heavy atom. The standard InChI is InChI=1S/C8H13N3O2/c9-8(11-12)3-4-10-6-7-2-1-5-13-7/h1-2,5,10,12H,3-4,6H2,(H2,9,11). The summed E-state index contributed by atoms with van der Waals surface area (Å²) in [4.78, 5) is 0. The highest BCUT2D eigenvalue weighted by Crippen LogP contribution is 1.97. The van der Waals surface area contributed by atoms with E-state index < -0.39 is 0 Å². The molecule has 0 aliphatic heterocycles. The Kier molecular flexibility index (Phi) is 3.84. The van der Waals surface area contributed by atoms with Gasteiger partial charge < -0.3 is 20.7 Å². The summed E-state index contributed by atoms with van der Waals surface area (Å²) in [6.07, 6.45) is 2.15. The normalized spacial score (nSPS) is 11.8. The largest absolute Gasteiger partial charge is 0.468 e. The van der Waals surface area contributed by atoms with Crippen LogP contribution in [0.3, 0.4) is 0 Å². The first-order valence-corrected chi connectivity index (χ1v) is 4.02. The maximum atomic E-state index is 8.23. The lowest BCUT2D eigenvalue weighted by molar-refractivity contribution is 0.316. The van der Waals surface area contributed by atoms with Gasteiger partial charge in [-0.2, -0.15) is 0 Å². The van der Waals surface area contributed by atoms with Crippen molar-refractivity contribution in [1.82, 2.24) is 5.32 Å². The van der Waals surface area contributed by atoms with Gasteiger partial charge in [0, 0.05) is 13.0 Å². The Balaban J connectivity index is 2.08. The van der Waals surface area contributed by atoms with Crippen molar-refractivity contribution in [2.24, 2.45) is 10.9 Å². The predicted octanol–water partition coefficient (Wildman–Crippen LogP) is 0.506. The fourth-order valence-electron chi connectivity index (χ4n) is 0.891. The topological polar surface area (TPSA) is 83.8 Å². The number of nitrogens with one attached hydrogen (secondary N) is 1. The van der Waals surface area contributed by atoms with E-state index in [0.717, 1.165) is 5.76 Å². The average Bonchev–Trinajstić information content (AvgIpc) is 2.64. The van der Waals surface area contributed by atoms with Crippen molar-refractivity contribution in [1.29, 1.82) is 0 Å². The summed E-state index contributed by atoms with van der Waals surface area (Å²) < 4.78 is 5.09. The van der Waals surface area contributed by atoms with Gasteiger partial charge in [-0.05, 0) is 12.1 Å². The third kappa shape index (κ3) is 3.62. The van der Waals surface area contributed by atoms with Crippen LogP contribution in [0.5, 0.6) is 0 Å². The molecule has 0 saturated carbocycles. The number of hydrogen-bond donors (Lipinski definition) is 3. The molecule has 13 heavy (non-hydrogen) atoms. The van der Waals surface area contributed by atoms with Crippen LogP contribution in [-0.2, 0) is 6.54 Å². The molecule has 0 radical (unpaired) electrons. The van der Waals surface area contributed by atoms with Crippen LogP contribution in [0.1, 0.15) is 12.2 Å². The summed E-state index contributed by atoms with van der Waals surface area (Å²) in [5.74, 6) is 1.10. The van der Waals surface area contributed by atoms with Crippen LogP contribution >= 0.6 is 0 Å². The zero-order valence-corrected chi connectivity index (χ0v) is 7.23. The number of rotatable bonds is 5. The SMILES string of the molecule is N/C(CCNCc1ccco1)=N/O. The maximum Gasteiger partial charge on any atom is 0.140 e. The summed E-state index contributed by atoms with van der Waals surface area (Å²) in [7, 11) is 0. The second-order valence-electron chi connectivity index (χ2n) is 2.60. The molecule has 1 rings (SSSR count). The first-order valence-electron chi connectivity index (χ1n) is 4.02. The van der Waals surface area contributed by atoms with Gasteiger partial charge in [-0.25, -0.2) is 0 Å². The van der Waals surface area contributed by atoms with Crippen LogP contribution in [0.25, 0.3) is 0 Å². The number of hydrogen-bond acceptors (Lipinski definition) is 4. The van der Waals surface area contributed by atoms with E-state index in [9.17, 15) is 0 Å². The van der Waals surface area contributed by atoms with Crippen LogP contribution < -0.4 is 11.1 Å². The van der Waals surface area contributed by atoms with E-state index in [1.807, 2.05) is 12.1 Å². The van der Waals surface area contributed by atoms with E-state index in [-0.39, 0.29) is 5.84 Å². The molecule has 0 aliphatic carbocycles. The van der Waals surface area contributed by atoms with Crippen molar-refractivity contribution in [3.8, 4) is 0 Å². The molecule has 0 saturated heterocycles. The minimum Gasteiger partial charge on any atom is -0.468 e. The lowest BCUT2D eigenvalue weighted by atomic mass is 10.4. The fourth-order valence-corrected chi connectivity index (χ4v) is 0.891. The third-order valence-corrected chi connectivity index (χ3v) is 1.57. The minimum absolute atomic E-state index is 0.229. The number of nitrogens with zero attached hydrogens (tertiary/aromatic N) is 1. The molecule has 72 valence electrons. The molecule has 5 heteroatoms. The van der Waals surface area contributed by atoms with Gasteiger partial charge in [-0.3, -0.25) is 0 Å². The number of furan rings is 1. The van der Waals surface area contributed by atoms with Gasteiger partial charge >= 0.3 is 0 Å². The number of amidine groups is 1. The van der Waals surface area contributed by atoms with Crippen LogP contribution in [0, 0.1) is 0 Å². The second kappa shape index (κ2) is 5.21. The van der Waals surface area contributed by atoms with Gasteiger partial charge in [-0.15, -0.1) is 0 Å². The van der Waals surface area contributed by atoms with Crippen molar-refractivity contribution in [2.75, 3.05) is 6.54 Å². The molecular formula is C8H13N3O2. The van der Waals surface area contributed by atoms with Crippen molar-refractivity contribution >= 4 is 5.84 Å². The zero-order chi connectivity index (χ0) is 9.52. The van der Waals surface area contributed by atoms with Gasteiger partial charge in [0.05, 0.1) is 12.8 Å². The molecule has 0 spiro atoms. The Bertz CT molecular complexity index is 256. The summed E-state index contributed by atoms with van der Waals surface area (Å²) >= 11 is 0. The van der Waals surface area contributed by atoms with Gasteiger partial charge in [0.2, 0.25) is 0 Å². The van der Waals surface area contributed by atoms with E-state index in [2.05, 4.69) is 10.5 Å². The van der Waals surface area contributed by atoms with E-state index in [1.165, 1.54) is 0 Å². The molecule has 0 atom stereocenters. The molecule has 1 aromatic rings. The summed E-state index contributed by atoms with van der Waals surface area (Å²) in [6, 6.07) is 3.72. The molecule has 5 nitrogen and oxygen atoms in total. The Hall–Kier alpha value is -1.49. The maximum absolute atomic E-state index is 8.23. The number of nitrogens with two attached hydrogens (primary N) is 1. The van der Waals surface area contributed by atoms with Gasteiger partial charge in [0.15, 0.2) is 0 Å². The first-order chi connectivity index (χ1) is 6.33.